The van der Waals surface area contributed by atoms with Crippen LogP contribution in [0.25, 0.3) is 27.8 Å². The number of anilines is 1. The van der Waals surface area contributed by atoms with Crippen molar-refractivity contribution < 1.29 is 4.79 Å². The lowest BCUT2D eigenvalue weighted by Crippen LogP contribution is -2.61. The number of piperidine rings is 1. The number of pyridine rings is 1. The number of hydrogen-bond acceptors (Lipinski definition) is 5. The Bertz CT molecular complexity index is 1510. The van der Waals surface area contributed by atoms with Crippen LogP contribution < -0.4 is 4.90 Å². The van der Waals surface area contributed by atoms with Crippen molar-refractivity contribution in [3.63, 3.8) is 0 Å². The molecule has 0 bridgehead atoms. The maximum Gasteiger partial charge on any atom is 0.245 e. The average Bonchev–Trinajstić information content (AvgIpc) is 3.52. The minimum Gasteiger partial charge on any atom is -0.371 e. The standard InChI is InChI=1S/C28H27N7O/c1-3-26(36)34-18-28(19-34)8-10-33(11-9-28)24-6-4-20(5-7-24)25-12-21(23-15-30-32(2)16-23)17-35-27(25)22(13-29)14-31-35/h3-7,12,14-17H,1,8-11,18-19H2,2H3. The normalized spacial score (nSPS) is 16.7. The Morgan fingerprint density at radius 1 is 1.06 bits per heavy atom. The maximum absolute atomic E-state index is 11.8. The number of rotatable bonds is 4. The Morgan fingerprint density at radius 3 is 2.44 bits per heavy atom. The van der Waals surface area contributed by atoms with Crippen molar-refractivity contribution in [1.82, 2.24) is 24.3 Å². The molecule has 36 heavy (non-hydrogen) atoms. The quantitative estimate of drug-likeness (QED) is 0.417. The topological polar surface area (TPSA) is 82.5 Å². The largest absolute Gasteiger partial charge is 0.371 e. The van der Waals surface area contributed by atoms with Crippen LogP contribution >= 0.6 is 0 Å². The Labute approximate surface area is 209 Å². The molecule has 0 unspecified atom stereocenters. The predicted octanol–water partition coefficient (Wildman–Crippen LogP) is 3.89. The van der Waals surface area contributed by atoms with Gasteiger partial charge in [0, 0.05) is 73.4 Å². The zero-order chi connectivity index (χ0) is 24.9. The van der Waals surface area contributed by atoms with Crippen LogP contribution in [0.2, 0.25) is 0 Å². The number of benzene rings is 1. The summed E-state index contributed by atoms with van der Waals surface area (Å²) < 4.78 is 3.56. The highest BCUT2D eigenvalue weighted by atomic mass is 16.2. The van der Waals surface area contributed by atoms with Crippen LogP contribution in [0.15, 0.2) is 67.8 Å². The molecule has 2 fully saturated rings. The first kappa shape index (κ1) is 22.1. The van der Waals surface area contributed by atoms with Crippen molar-refractivity contribution in [2.45, 2.75) is 12.8 Å². The first-order valence-corrected chi connectivity index (χ1v) is 12.2. The number of amides is 1. The van der Waals surface area contributed by atoms with Crippen molar-refractivity contribution in [2.75, 3.05) is 31.1 Å². The maximum atomic E-state index is 11.8. The van der Waals surface area contributed by atoms with Crippen LogP contribution in [0.5, 0.6) is 0 Å². The number of nitrogens with zero attached hydrogens (tertiary/aromatic N) is 7. The number of hydrogen-bond donors (Lipinski definition) is 0. The van der Waals surface area contributed by atoms with Gasteiger partial charge in [-0.25, -0.2) is 4.52 Å². The van der Waals surface area contributed by atoms with E-state index in [9.17, 15) is 10.1 Å². The fourth-order valence-electron chi connectivity index (χ4n) is 5.61. The highest BCUT2D eigenvalue weighted by Gasteiger charge is 2.46. The number of nitriles is 1. The fourth-order valence-corrected chi connectivity index (χ4v) is 5.61. The molecule has 0 aliphatic carbocycles. The Balaban J connectivity index is 1.26. The molecular weight excluding hydrogens is 450 g/mol. The van der Waals surface area contributed by atoms with Gasteiger partial charge in [0.2, 0.25) is 5.91 Å². The van der Waals surface area contributed by atoms with E-state index in [1.54, 1.807) is 15.4 Å². The molecule has 0 atom stereocenters. The summed E-state index contributed by atoms with van der Waals surface area (Å²) in [5.41, 5.74) is 6.82. The van der Waals surface area contributed by atoms with Crippen LogP contribution in [0.4, 0.5) is 5.69 Å². The molecule has 0 saturated carbocycles. The molecule has 6 rings (SSSR count). The van der Waals surface area contributed by atoms with Gasteiger partial charge in [-0.3, -0.25) is 9.48 Å². The van der Waals surface area contributed by atoms with Gasteiger partial charge in [0.05, 0.1) is 23.5 Å². The number of aryl methyl sites for hydroxylation is 1. The summed E-state index contributed by atoms with van der Waals surface area (Å²) >= 11 is 0. The van der Waals surface area contributed by atoms with Gasteiger partial charge in [-0.05, 0) is 42.7 Å². The summed E-state index contributed by atoms with van der Waals surface area (Å²) in [5.74, 6) is 0.0399. The second-order valence-electron chi connectivity index (χ2n) is 9.94. The number of aromatic nitrogens is 4. The first-order valence-electron chi connectivity index (χ1n) is 12.2. The van der Waals surface area contributed by atoms with Crippen LogP contribution in [0.3, 0.4) is 0 Å². The van der Waals surface area contributed by atoms with E-state index in [4.69, 9.17) is 0 Å². The molecule has 2 aliphatic rings. The van der Waals surface area contributed by atoms with Gasteiger partial charge in [-0.1, -0.05) is 18.7 Å². The summed E-state index contributed by atoms with van der Waals surface area (Å²) in [6.07, 6.45) is 11.0. The van der Waals surface area contributed by atoms with Gasteiger partial charge >= 0.3 is 0 Å². The molecule has 2 saturated heterocycles. The van der Waals surface area contributed by atoms with Crippen LogP contribution in [-0.2, 0) is 11.8 Å². The number of fused-ring (bicyclic) bond motifs is 1. The monoisotopic (exact) mass is 477 g/mol. The smallest absolute Gasteiger partial charge is 0.245 e. The van der Waals surface area contributed by atoms with Gasteiger partial charge < -0.3 is 9.80 Å². The van der Waals surface area contributed by atoms with E-state index >= 15 is 0 Å². The van der Waals surface area contributed by atoms with E-state index in [-0.39, 0.29) is 11.3 Å². The van der Waals surface area contributed by atoms with Crippen molar-refractivity contribution in [1.29, 1.82) is 5.26 Å². The zero-order valence-corrected chi connectivity index (χ0v) is 20.3. The minimum absolute atomic E-state index is 0.0399. The summed E-state index contributed by atoms with van der Waals surface area (Å²) in [6, 6.07) is 13.0. The molecule has 3 aromatic heterocycles. The van der Waals surface area contributed by atoms with E-state index in [1.807, 2.05) is 30.5 Å². The molecular formula is C28H27N7O. The Kier molecular flexibility index (Phi) is 5.15. The van der Waals surface area contributed by atoms with E-state index in [2.05, 4.69) is 58.1 Å². The lowest BCUT2D eigenvalue weighted by Gasteiger charge is -2.54. The molecule has 1 aromatic carbocycles. The summed E-state index contributed by atoms with van der Waals surface area (Å²) in [5, 5.41) is 18.4. The molecule has 8 heteroatoms. The van der Waals surface area contributed by atoms with E-state index in [1.165, 1.54) is 11.8 Å². The van der Waals surface area contributed by atoms with E-state index in [0.717, 1.165) is 66.8 Å². The van der Waals surface area contributed by atoms with E-state index in [0.29, 0.717) is 5.56 Å². The summed E-state index contributed by atoms with van der Waals surface area (Å²) in [4.78, 5) is 16.1. The van der Waals surface area contributed by atoms with Crippen molar-refractivity contribution in [3.8, 4) is 28.3 Å². The first-order chi connectivity index (χ1) is 17.5. The molecule has 0 N–H and O–H groups in total. The zero-order valence-electron chi connectivity index (χ0n) is 20.3. The molecule has 8 nitrogen and oxygen atoms in total. The van der Waals surface area contributed by atoms with Gasteiger partial charge in [0.1, 0.15) is 6.07 Å². The Hall–Kier alpha value is -4.38. The molecule has 1 spiro atoms. The van der Waals surface area contributed by atoms with Gasteiger partial charge in [-0.15, -0.1) is 0 Å². The Morgan fingerprint density at radius 2 is 1.81 bits per heavy atom. The minimum atomic E-state index is 0.0399. The average molecular weight is 478 g/mol. The lowest BCUT2D eigenvalue weighted by atomic mass is 9.72. The third-order valence-electron chi connectivity index (χ3n) is 7.68. The van der Waals surface area contributed by atoms with Gasteiger partial charge in [-0.2, -0.15) is 15.5 Å². The van der Waals surface area contributed by atoms with Crippen molar-refractivity contribution in [2.24, 2.45) is 12.5 Å². The third-order valence-corrected chi connectivity index (χ3v) is 7.68. The van der Waals surface area contributed by atoms with E-state index < -0.39 is 0 Å². The molecule has 5 heterocycles. The van der Waals surface area contributed by atoms with Crippen LogP contribution in [0.1, 0.15) is 18.4 Å². The SMILES string of the molecule is C=CC(=O)N1CC2(CCN(c3ccc(-c4cc(-c5cnn(C)c5)cn5ncc(C#N)c45)cc3)CC2)C1. The second-order valence-corrected chi connectivity index (χ2v) is 9.94. The molecule has 0 radical (unpaired) electrons. The van der Waals surface area contributed by atoms with Gasteiger partial charge in [0.15, 0.2) is 0 Å². The summed E-state index contributed by atoms with van der Waals surface area (Å²) in [6.45, 7) is 7.26. The second kappa shape index (κ2) is 8.38. The predicted molar refractivity (Wildman–Crippen MR) is 138 cm³/mol. The number of carbonyl (C=O) groups excluding carboxylic acids is 1. The number of likely N-dealkylation sites (tertiary alicyclic amines) is 1. The molecule has 180 valence electrons. The molecule has 2 aliphatic heterocycles. The van der Waals surface area contributed by atoms with Crippen molar-refractivity contribution >= 4 is 17.1 Å². The molecule has 1 amide bonds. The third kappa shape index (κ3) is 3.64. The van der Waals surface area contributed by atoms with Gasteiger partial charge in [0.25, 0.3) is 0 Å². The highest BCUT2D eigenvalue weighted by molar-refractivity contribution is 5.88. The van der Waals surface area contributed by atoms with Crippen molar-refractivity contribution in [3.05, 3.63) is 73.3 Å². The molecule has 4 aromatic rings. The van der Waals surface area contributed by atoms with Crippen LogP contribution in [0, 0.1) is 16.7 Å². The fraction of sp³-hybridized carbons (Fsp3) is 0.286. The van der Waals surface area contributed by atoms with Crippen LogP contribution in [-0.4, -0.2) is 56.4 Å². The summed E-state index contributed by atoms with van der Waals surface area (Å²) in [7, 11) is 1.90. The highest BCUT2D eigenvalue weighted by Crippen LogP contribution is 2.42. The lowest BCUT2D eigenvalue weighted by molar-refractivity contribution is -0.139. The number of carbonyl (C=O) groups is 1.